The highest BCUT2D eigenvalue weighted by Gasteiger charge is 2.67. The largest absolute Gasteiger partial charge is 0.508 e. The smallest absolute Gasteiger partial charge is 0.255 e. The minimum Gasteiger partial charge on any atom is -0.508 e. The van der Waals surface area contributed by atoms with Gasteiger partial charge in [-0.1, -0.05) is 18.6 Å². The minimum absolute atomic E-state index is 0.0736. The second-order valence-electron chi connectivity index (χ2n) is 9.75. The van der Waals surface area contributed by atoms with E-state index in [0.717, 1.165) is 19.3 Å². The van der Waals surface area contributed by atoms with Gasteiger partial charge in [-0.15, -0.1) is 0 Å². The van der Waals surface area contributed by atoms with Gasteiger partial charge in [0.25, 0.3) is 5.91 Å². The maximum absolute atomic E-state index is 13.8. The number of hydrogen-bond acceptors (Lipinski definition) is 8. The van der Waals surface area contributed by atoms with E-state index >= 15 is 0 Å². The Morgan fingerprint density at radius 1 is 1.15 bits per heavy atom. The van der Waals surface area contributed by atoms with Crippen molar-refractivity contribution < 1.29 is 39.5 Å². The summed E-state index contributed by atoms with van der Waals surface area (Å²) in [4.78, 5) is 38.4. The lowest BCUT2D eigenvalue weighted by atomic mass is 9.54. The average molecular weight is 465 g/mol. The van der Waals surface area contributed by atoms with Gasteiger partial charge < -0.3 is 30.9 Å². The van der Waals surface area contributed by atoms with Gasteiger partial charge in [-0.05, 0) is 30.5 Å². The lowest BCUT2D eigenvalue weighted by Gasteiger charge is -2.54. The first kappa shape index (κ1) is 21.0. The number of aliphatic hydroxyl groups excluding tert-OH is 2. The van der Waals surface area contributed by atoms with E-state index in [4.69, 9.17) is 10.5 Å². The van der Waals surface area contributed by atoms with E-state index in [-0.39, 0.29) is 22.8 Å². The van der Waals surface area contributed by atoms with Crippen LogP contribution in [-0.4, -0.2) is 49.6 Å². The number of nitrogens with two attached hydrogens (primary N) is 1. The summed E-state index contributed by atoms with van der Waals surface area (Å²) in [6, 6.07) is 4.78. The number of benzene rings is 1. The van der Waals surface area contributed by atoms with Crippen LogP contribution in [-0.2, 0) is 19.1 Å². The summed E-state index contributed by atoms with van der Waals surface area (Å²) in [7, 11) is 0. The number of Topliss-reactive ketones (excluding diaryl/α,β-unsaturated/α-hetero) is 2. The number of amides is 1. The maximum atomic E-state index is 13.8. The number of phenolic OH excluding ortho intramolecular Hbond substituents is 1. The van der Waals surface area contributed by atoms with Crippen molar-refractivity contribution in [1.82, 2.24) is 0 Å². The Balaban J connectivity index is 1.64. The number of carbonyl (C=O) groups excluding carboxylic acids is 3. The Morgan fingerprint density at radius 3 is 2.53 bits per heavy atom. The number of fused-ring (bicyclic) bond motifs is 4. The predicted octanol–water partition coefficient (Wildman–Crippen LogP) is 1.66. The molecule has 2 fully saturated rings. The van der Waals surface area contributed by atoms with Gasteiger partial charge in [0.05, 0.1) is 11.3 Å². The molecule has 0 spiro atoms. The van der Waals surface area contributed by atoms with Gasteiger partial charge in [-0.2, -0.15) is 0 Å². The average Bonchev–Trinajstić information content (AvgIpc) is 2.74. The number of allylic oxidation sites excluding steroid dienone is 2. The third kappa shape index (κ3) is 2.39. The van der Waals surface area contributed by atoms with Crippen molar-refractivity contribution in [2.24, 2.45) is 23.5 Å². The molecule has 1 heterocycles. The van der Waals surface area contributed by atoms with Gasteiger partial charge in [0, 0.05) is 35.7 Å². The fourth-order valence-corrected chi connectivity index (χ4v) is 6.32. The molecule has 34 heavy (non-hydrogen) atoms. The Hall–Kier alpha value is -3.59. The molecule has 176 valence electrons. The Kier molecular flexibility index (Phi) is 4.15. The van der Waals surface area contributed by atoms with Crippen LogP contribution in [0.1, 0.15) is 42.7 Å². The number of aromatic hydroxyl groups is 1. The van der Waals surface area contributed by atoms with E-state index in [9.17, 15) is 34.8 Å². The third-order valence-corrected chi connectivity index (χ3v) is 8.18. The zero-order chi connectivity index (χ0) is 24.1. The van der Waals surface area contributed by atoms with Crippen LogP contribution in [0.4, 0.5) is 0 Å². The number of carbonyl (C=O) groups is 3. The fourth-order valence-electron chi connectivity index (χ4n) is 6.32. The molecule has 9 nitrogen and oxygen atoms in total. The lowest BCUT2D eigenvalue weighted by Crippen LogP contribution is -2.65. The van der Waals surface area contributed by atoms with Crippen molar-refractivity contribution in [2.45, 2.75) is 43.3 Å². The van der Waals surface area contributed by atoms with Crippen LogP contribution in [0.15, 0.2) is 46.9 Å². The monoisotopic (exact) mass is 465 g/mol. The quantitative estimate of drug-likeness (QED) is 0.411. The van der Waals surface area contributed by atoms with Gasteiger partial charge in [-0.25, -0.2) is 0 Å². The van der Waals surface area contributed by atoms with E-state index in [2.05, 4.69) is 0 Å². The summed E-state index contributed by atoms with van der Waals surface area (Å²) < 4.78 is 6.34. The molecule has 5 aliphatic rings. The molecule has 5 atom stereocenters. The van der Waals surface area contributed by atoms with Crippen molar-refractivity contribution >= 4 is 23.2 Å². The van der Waals surface area contributed by atoms with Crippen LogP contribution in [0.2, 0.25) is 0 Å². The Labute approximate surface area is 193 Å². The molecule has 0 aromatic heterocycles. The molecule has 1 aromatic rings. The summed E-state index contributed by atoms with van der Waals surface area (Å²) in [5.41, 5.74) is 2.23. The highest BCUT2D eigenvalue weighted by molar-refractivity contribution is 6.23. The van der Waals surface area contributed by atoms with Crippen LogP contribution in [0.25, 0.3) is 5.76 Å². The first-order valence-electron chi connectivity index (χ1n) is 11.3. The molecule has 0 unspecified atom stereocenters. The number of phenols is 1. The topological polar surface area (TPSA) is 167 Å². The molecule has 4 aliphatic carbocycles. The van der Waals surface area contributed by atoms with E-state index in [1.165, 1.54) is 6.07 Å². The molecule has 1 aliphatic heterocycles. The summed E-state index contributed by atoms with van der Waals surface area (Å²) in [5.74, 6) is -6.56. The van der Waals surface area contributed by atoms with Crippen LogP contribution < -0.4 is 5.73 Å². The van der Waals surface area contributed by atoms with Gasteiger partial charge in [0.2, 0.25) is 5.78 Å². The minimum atomic E-state index is -2.68. The summed E-state index contributed by atoms with van der Waals surface area (Å²) >= 11 is 0. The third-order valence-electron chi connectivity index (χ3n) is 8.18. The van der Waals surface area contributed by atoms with Crippen molar-refractivity contribution in [2.75, 3.05) is 0 Å². The van der Waals surface area contributed by atoms with E-state index in [1.54, 1.807) is 12.1 Å². The fraction of sp³-hybridized carbons (Fsp3) is 0.400. The first-order chi connectivity index (χ1) is 16.2. The standard InChI is InChI=1S/C25H23NO8/c26-24(32)18-14(28)8-12-21-17-11(7-15(34-21)9-3-1-4-9)10-5-2-6-13(27)16(10)20(29)19(17)23(31)25(12,33)22(18)30/h2,5-7,9,11-12,17,21,27,29-30,33H,1,3-4,8H2,(H2,26,32)/t11-,12+,17+,21+,25+/m0/s1. The van der Waals surface area contributed by atoms with Gasteiger partial charge in [0.15, 0.2) is 11.4 Å². The predicted molar refractivity (Wildman–Crippen MR) is 116 cm³/mol. The SMILES string of the molecule is NC(=O)C1=C(O)[C@@]2(O)C(=O)C3=C(O)c4c(O)cccc4[C@@H]4C=C(C5CCC5)O[C@@H]([C@@H]34)[C@H]2CC1=O. The maximum Gasteiger partial charge on any atom is 0.255 e. The molecule has 1 aromatic carbocycles. The molecule has 9 heteroatoms. The normalized spacial score (nSPS) is 34.4. The number of ether oxygens (including phenoxy) is 1. The summed E-state index contributed by atoms with van der Waals surface area (Å²) in [6.07, 6.45) is 3.37. The molecule has 1 amide bonds. The highest BCUT2D eigenvalue weighted by atomic mass is 16.5. The van der Waals surface area contributed by atoms with Gasteiger partial charge >= 0.3 is 0 Å². The van der Waals surface area contributed by atoms with Crippen molar-refractivity contribution in [3.63, 3.8) is 0 Å². The summed E-state index contributed by atoms with van der Waals surface area (Å²) in [6.45, 7) is 0. The zero-order valence-corrected chi connectivity index (χ0v) is 18.0. The number of ketones is 2. The number of primary amides is 1. The molecular formula is C25H23NO8. The molecule has 0 radical (unpaired) electrons. The second-order valence-corrected chi connectivity index (χ2v) is 9.75. The number of aliphatic hydroxyl groups is 3. The lowest BCUT2D eigenvalue weighted by molar-refractivity contribution is -0.165. The molecule has 6 rings (SSSR count). The van der Waals surface area contributed by atoms with Crippen LogP contribution >= 0.6 is 0 Å². The summed E-state index contributed by atoms with van der Waals surface area (Å²) in [5, 5.41) is 44.2. The number of rotatable bonds is 2. The van der Waals surface area contributed by atoms with Crippen molar-refractivity contribution in [3.05, 3.63) is 58.1 Å². The molecule has 0 bridgehead atoms. The van der Waals surface area contributed by atoms with Gasteiger partial charge in [0.1, 0.15) is 28.9 Å². The zero-order valence-electron chi connectivity index (χ0n) is 18.0. The highest BCUT2D eigenvalue weighted by Crippen LogP contribution is 2.59. The van der Waals surface area contributed by atoms with Crippen LogP contribution in [0.5, 0.6) is 5.75 Å². The van der Waals surface area contributed by atoms with E-state index in [0.29, 0.717) is 11.3 Å². The first-order valence-corrected chi connectivity index (χ1v) is 11.3. The van der Waals surface area contributed by atoms with Crippen LogP contribution in [0.3, 0.4) is 0 Å². The van der Waals surface area contributed by atoms with Gasteiger partial charge in [-0.3, -0.25) is 14.4 Å². The second kappa shape index (κ2) is 6.73. The molecule has 2 saturated carbocycles. The number of hydrogen-bond donors (Lipinski definition) is 5. The van der Waals surface area contributed by atoms with E-state index < -0.39 is 70.4 Å². The van der Waals surface area contributed by atoms with E-state index in [1.807, 2.05) is 6.08 Å². The Morgan fingerprint density at radius 2 is 1.88 bits per heavy atom. The Bertz CT molecular complexity index is 1290. The van der Waals surface area contributed by atoms with Crippen molar-refractivity contribution in [1.29, 1.82) is 0 Å². The molecule has 6 N–H and O–H groups in total. The molecular weight excluding hydrogens is 442 g/mol. The molecule has 0 saturated heterocycles. The van der Waals surface area contributed by atoms with Crippen LogP contribution in [0, 0.1) is 17.8 Å². The van der Waals surface area contributed by atoms with Crippen molar-refractivity contribution in [3.8, 4) is 5.75 Å².